The van der Waals surface area contributed by atoms with Gasteiger partial charge in [0.1, 0.15) is 17.1 Å². The van der Waals surface area contributed by atoms with Crippen LogP contribution in [0.25, 0.3) is 0 Å². The summed E-state index contributed by atoms with van der Waals surface area (Å²) in [5.41, 5.74) is 2.23. The van der Waals surface area contributed by atoms with Crippen LogP contribution in [-0.4, -0.2) is 18.5 Å². The van der Waals surface area contributed by atoms with Gasteiger partial charge < -0.3 is 14.5 Å². The molecule has 0 atom stereocenters. The van der Waals surface area contributed by atoms with Gasteiger partial charge in [0.2, 0.25) is 0 Å². The Bertz CT molecular complexity index is 877. The fourth-order valence-electron chi connectivity index (χ4n) is 2.90. The molecule has 138 valence electrons. The van der Waals surface area contributed by atoms with Crippen molar-refractivity contribution in [3.05, 3.63) is 94.9 Å². The maximum atomic E-state index is 12.4. The summed E-state index contributed by atoms with van der Waals surface area (Å²) >= 11 is 0. The van der Waals surface area contributed by atoms with Crippen LogP contribution in [-0.2, 0) is 9.53 Å². The molecule has 1 amide bonds. The Morgan fingerprint density at radius 2 is 1.52 bits per heavy atom. The van der Waals surface area contributed by atoms with Crippen LogP contribution in [0.1, 0.15) is 39.0 Å². The zero-order valence-corrected chi connectivity index (χ0v) is 15.3. The van der Waals surface area contributed by atoms with Gasteiger partial charge in [0.05, 0.1) is 6.04 Å². The number of furan rings is 1. The lowest BCUT2D eigenvalue weighted by atomic mass is 9.99. The smallest absolute Gasteiger partial charge is 0.342 e. The Labute approximate surface area is 158 Å². The number of nitrogens with one attached hydrogen (secondary N) is 1. The number of esters is 1. The number of carbonyl (C=O) groups is 2. The first-order valence-electron chi connectivity index (χ1n) is 8.68. The molecule has 0 bridgehead atoms. The molecule has 27 heavy (non-hydrogen) atoms. The second-order valence-corrected chi connectivity index (χ2v) is 6.22. The van der Waals surface area contributed by atoms with Crippen molar-refractivity contribution < 1.29 is 18.7 Å². The second-order valence-electron chi connectivity index (χ2n) is 6.22. The largest absolute Gasteiger partial charge is 0.466 e. The zero-order valence-electron chi connectivity index (χ0n) is 15.3. The van der Waals surface area contributed by atoms with Gasteiger partial charge in [-0.15, -0.1) is 0 Å². The third kappa shape index (κ3) is 4.64. The lowest BCUT2D eigenvalue weighted by molar-refractivity contribution is -0.124. The first kappa shape index (κ1) is 18.5. The van der Waals surface area contributed by atoms with Gasteiger partial charge in [-0.1, -0.05) is 60.7 Å². The van der Waals surface area contributed by atoms with E-state index in [0.29, 0.717) is 17.1 Å². The van der Waals surface area contributed by atoms with E-state index in [-0.39, 0.29) is 18.6 Å². The first-order valence-corrected chi connectivity index (χ1v) is 8.68. The summed E-state index contributed by atoms with van der Waals surface area (Å²) in [5, 5.41) is 2.94. The molecule has 0 aliphatic heterocycles. The monoisotopic (exact) mass is 363 g/mol. The van der Waals surface area contributed by atoms with E-state index in [1.165, 1.54) is 0 Å². The van der Waals surface area contributed by atoms with Crippen molar-refractivity contribution in [2.45, 2.75) is 19.9 Å². The van der Waals surface area contributed by atoms with Crippen LogP contribution in [0, 0.1) is 13.8 Å². The Hall–Kier alpha value is -3.34. The van der Waals surface area contributed by atoms with Gasteiger partial charge in [-0.25, -0.2) is 4.79 Å². The third-order valence-electron chi connectivity index (χ3n) is 4.17. The van der Waals surface area contributed by atoms with E-state index in [2.05, 4.69) is 5.32 Å². The minimum absolute atomic E-state index is 0.323. The highest BCUT2D eigenvalue weighted by Crippen LogP contribution is 2.21. The van der Waals surface area contributed by atoms with E-state index in [9.17, 15) is 9.59 Å². The quantitative estimate of drug-likeness (QED) is 0.673. The SMILES string of the molecule is Cc1cc(C(=O)OCC(=O)NC(c2ccccc2)c2ccccc2)c(C)o1. The molecule has 5 nitrogen and oxygen atoms in total. The fraction of sp³-hybridized carbons (Fsp3) is 0.182. The molecule has 3 rings (SSSR count). The van der Waals surface area contributed by atoms with E-state index in [0.717, 1.165) is 11.1 Å². The van der Waals surface area contributed by atoms with Crippen molar-refractivity contribution in [1.29, 1.82) is 0 Å². The Morgan fingerprint density at radius 1 is 0.963 bits per heavy atom. The molecule has 0 radical (unpaired) electrons. The summed E-state index contributed by atoms with van der Waals surface area (Å²) in [4.78, 5) is 24.6. The van der Waals surface area contributed by atoms with E-state index >= 15 is 0 Å². The topological polar surface area (TPSA) is 68.5 Å². The molecule has 1 aromatic heterocycles. The number of ether oxygens (including phenoxy) is 1. The number of hydrogen-bond acceptors (Lipinski definition) is 4. The van der Waals surface area contributed by atoms with Gasteiger partial charge in [0.15, 0.2) is 6.61 Å². The molecule has 0 spiro atoms. The van der Waals surface area contributed by atoms with Crippen LogP contribution in [0.15, 0.2) is 71.1 Å². The maximum Gasteiger partial charge on any atom is 0.342 e. The molecule has 5 heteroatoms. The van der Waals surface area contributed by atoms with Crippen LogP contribution in [0.3, 0.4) is 0 Å². The van der Waals surface area contributed by atoms with Crippen molar-refractivity contribution in [3.63, 3.8) is 0 Å². The molecule has 0 saturated carbocycles. The normalized spacial score (nSPS) is 10.6. The van der Waals surface area contributed by atoms with Crippen LogP contribution in [0.5, 0.6) is 0 Å². The third-order valence-corrected chi connectivity index (χ3v) is 4.17. The number of rotatable bonds is 6. The lowest BCUT2D eigenvalue weighted by Crippen LogP contribution is -2.33. The standard InChI is InChI=1S/C22H21NO4/c1-15-13-19(16(2)27-15)22(25)26-14-20(24)23-21(17-9-5-3-6-10-17)18-11-7-4-8-12-18/h3-13,21H,14H2,1-2H3,(H,23,24). The van der Waals surface area contributed by atoms with Gasteiger partial charge in [0.25, 0.3) is 5.91 Å². The molecule has 0 aliphatic rings. The summed E-state index contributed by atoms with van der Waals surface area (Å²) < 4.78 is 10.5. The average molecular weight is 363 g/mol. The highest BCUT2D eigenvalue weighted by Gasteiger charge is 2.19. The van der Waals surface area contributed by atoms with Crippen LogP contribution >= 0.6 is 0 Å². The van der Waals surface area contributed by atoms with Gasteiger partial charge in [0, 0.05) is 0 Å². The Balaban J connectivity index is 1.68. The molecule has 1 heterocycles. The van der Waals surface area contributed by atoms with Crippen LogP contribution < -0.4 is 5.32 Å². The van der Waals surface area contributed by atoms with Crippen molar-refractivity contribution in [2.24, 2.45) is 0 Å². The van der Waals surface area contributed by atoms with Crippen LogP contribution in [0.4, 0.5) is 0 Å². The molecule has 3 aromatic rings. The molecular weight excluding hydrogens is 342 g/mol. The van der Waals surface area contributed by atoms with Gasteiger partial charge in [-0.3, -0.25) is 4.79 Å². The average Bonchev–Trinajstić information content (AvgIpc) is 3.03. The zero-order chi connectivity index (χ0) is 19.2. The Morgan fingerprint density at radius 3 is 2.00 bits per heavy atom. The summed E-state index contributed by atoms with van der Waals surface area (Å²) in [5.74, 6) is 0.149. The number of hydrogen-bond donors (Lipinski definition) is 1. The molecule has 2 aromatic carbocycles. The predicted octanol–water partition coefficient (Wildman–Crippen LogP) is 3.96. The second kappa shape index (κ2) is 8.36. The Kier molecular flexibility index (Phi) is 5.71. The molecule has 0 saturated heterocycles. The van der Waals surface area contributed by atoms with Gasteiger partial charge >= 0.3 is 5.97 Å². The van der Waals surface area contributed by atoms with Crippen LogP contribution in [0.2, 0.25) is 0 Å². The van der Waals surface area contributed by atoms with E-state index in [1.54, 1.807) is 19.9 Å². The molecule has 0 unspecified atom stereocenters. The molecule has 0 fully saturated rings. The summed E-state index contributed by atoms with van der Waals surface area (Å²) in [6.07, 6.45) is 0. The first-order chi connectivity index (χ1) is 13.0. The highest BCUT2D eigenvalue weighted by atomic mass is 16.5. The number of carbonyl (C=O) groups excluding carboxylic acids is 2. The van der Waals surface area contributed by atoms with Gasteiger partial charge in [-0.05, 0) is 31.0 Å². The number of amides is 1. The molecular formula is C22H21NO4. The predicted molar refractivity (Wildman–Crippen MR) is 101 cm³/mol. The van der Waals surface area contributed by atoms with E-state index in [4.69, 9.17) is 9.15 Å². The van der Waals surface area contributed by atoms with Crippen molar-refractivity contribution in [3.8, 4) is 0 Å². The highest BCUT2D eigenvalue weighted by molar-refractivity contribution is 5.92. The van der Waals surface area contributed by atoms with Crippen molar-refractivity contribution >= 4 is 11.9 Å². The summed E-state index contributed by atoms with van der Waals surface area (Å²) in [6, 6.07) is 20.6. The van der Waals surface area contributed by atoms with E-state index < -0.39 is 5.97 Å². The lowest BCUT2D eigenvalue weighted by Gasteiger charge is -2.19. The van der Waals surface area contributed by atoms with Crippen molar-refractivity contribution in [2.75, 3.05) is 6.61 Å². The minimum Gasteiger partial charge on any atom is -0.466 e. The molecule has 1 N–H and O–H groups in total. The number of benzene rings is 2. The fourth-order valence-corrected chi connectivity index (χ4v) is 2.90. The van der Waals surface area contributed by atoms with Crippen molar-refractivity contribution in [1.82, 2.24) is 5.32 Å². The summed E-state index contributed by atoms with van der Waals surface area (Å²) in [6.45, 7) is 3.07. The molecule has 0 aliphatic carbocycles. The minimum atomic E-state index is -0.574. The van der Waals surface area contributed by atoms with E-state index in [1.807, 2.05) is 60.7 Å². The maximum absolute atomic E-state index is 12.4. The summed E-state index contributed by atoms with van der Waals surface area (Å²) in [7, 11) is 0. The van der Waals surface area contributed by atoms with Gasteiger partial charge in [-0.2, -0.15) is 0 Å². The number of aryl methyl sites for hydroxylation is 2.